The van der Waals surface area contributed by atoms with E-state index in [1.807, 2.05) is 0 Å². The van der Waals surface area contributed by atoms with Gasteiger partial charge in [-0.05, 0) is 38.5 Å². The molecule has 260 valence electrons. The van der Waals surface area contributed by atoms with Gasteiger partial charge < -0.3 is 9.47 Å². The minimum absolute atomic E-state index is 0.0885. The fraction of sp³-hybridized carbons (Fsp3) is 0.250. The number of nitro groups is 2. The van der Waals surface area contributed by atoms with Gasteiger partial charge in [-0.1, -0.05) is 24.3 Å². The normalized spacial score (nSPS) is 13.0. The monoisotopic (exact) mass is 709 g/mol. The molecule has 3 aromatic carbocycles. The summed E-state index contributed by atoms with van der Waals surface area (Å²) < 4.78 is 34.0. The maximum atomic E-state index is 13.5. The molecule has 1 atom stereocenters. The van der Waals surface area contributed by atoms with Crippen molar-refractivity contribution in [3.05, 3.63) is 114 Å². The van der Waals surface area contributed by atoms with Crippen LogP contribution in [-0.4, -0.2) is 89.7 Å². The van der Waals surface area contributed by atoms with Crippen molar-refractivity contribution >= 4 is 56.5 Å². The summed E-state index contributed by atoms with van der Waals surface area (Å²) in [5.74, 6) is -6.82. The lowest BCUT2D eigenvalue weighted by atomic mass is 10.1. The third-order valence-electron chi connectivity index (χ3n) is 7.64. The van der Waals surface area contributed by atoms with Crippen molar-refractivity contribution in [2.45, 2.75) is 26.3 Å². The zero-order valence-electron chi connectivity index (χ0n) is 26.6. The lowest BCUT2D eigenvalue weighted by molar-refractivity contribution is -0.385. The zero-order chi connectivity index (χ0) is 37.1. The average Bonchev–Trinajstić information content (AvgIpc) is 3.30. The molecule has 50 heavy (non-hydrogen) atoms. The fourth-order valence-electron chi connectivity index (χ4n) is 4.92. The number of esters is 2. The van der Waals surface area contributed by atoms with Crippen LogP contribution in [0.1, 0.15) is 69.3 Å². The molecule has 0 bridgehead atoms. The van der Waals surface area contributed by atoms with Gasteiger partial charge in [0.2, 0.25) is 11.6 Å². The second kappa shape index (κ2) is 14.5. The smallest absolute Gasteiger partial charge is 0.338 e. The minimum atomic E-state index is -3.75. The van der Waals surface area contributed by atoms with Crippen molar-refractivity contribution in [3.63, 3.8) is 0 Å². The molecule has 2 amide bonds. The summed E-state index contributed by atoms with van der Waals surface area (Å²) in [5, 5.41) is 22.4. The Morgan fingerprint density at radius 3 is 1.72 bits per heavy atom. The van der Waals surface area contributed by atoms with Gasteiger partial charge in [-0.15, -0.1) is 0 Å². The molecule has 0 unspecified atom stereocenters. The molecule has 18 heteroatoms. The summed E-state index contributed by atoms with van der Waals surface area (Å²) in [7, 11) is -3.75. The SMILES string of the molecule is Cc1ccc(C(=O)COC(=O)c2ccc3c(c2)C(=O)N([C@H](CCS(C)(=O)=O)C(=O)OCC(=O)c2ccc(C)c([N+](=O)[O-])c2)C3=O)cc1[N+](=O)[O-]. The molecule has 0 saturated heterocycles. The van der Waals surface area contributed by atoms with Gasteiger partial charge in [0.05, 0.1) is 32.3 Å². The van der Waals surface area contributed by atoms with E-state index in [1.165, 1.54) is 38.1 Å². The summed E-state index contributed by atoms with van der Waals surface area (Å²) >= 11 is 0. The largest absolute Gasteiger partial charge is 0.456 e. The Morgan fingerprint density at radius 2 is 1.22 bits per heavy atom. The molecule has 0 aromatic heterocycles. The number of hydrogen-bond donors (Lipinski definition) is 0. The van der Waals surface area contributed by atoms with Crippen LogP contribution >= 0.6 is 0 Å². The number of ketones is 2. The Kier molecular flexibility index (Phi) is 10.7. The Bertz CT molecular complexity index is 2110. The Balaban J connectivity index is 1.51. The van der Waals surface area contributed by atoms with E-state index in [0.717, 1.165) is 36.6 Å². The number of sulfone groups is 1. The third-order valence-corrected chi connectivity index (χ3v) is 8.61. The van der Waals surface area contributed by atoms with E-state index in [4.69, 9.17) is 9.47 Å². The van der Waals surface area contributed by atoms with E-state index >= 15 is 0 Å². The molecule has 0 spiro atoms. The average molecular weight is 710 g/mol. The Labute approximate surface area is 283 Å². The molecule has 17 nitrogen and oxygen atoms in total. The lowest BCUT2D eigenvalue weighted by Crippen LogP contribution is -2.46. The van der Waals surface area contributed by atoms with Crippen LogP contribution in [0.5, 0.6) is 0 Å². The predicted octanol–water partition coefficient (Wildman–Crippen LogP) is 2.98. The number of rotatable bonds is 14. The molecule has 0 saturated carbocycles. The second-order valence-electron chi connectivity index (χ2n) is 11.2. The van der Waals surface area contributed by atoms with E-state index in [0.29, 0.717) is 10.5 Å². The molecule has 3 aromatic rings. The topological polar surface area (TPSA) is 245 Å². The van der Waals surface area contributed by atoms with Crippen molar-refractivity contribution in [1.82, 2.24) is 4.90 Å². The number of aryl methyl sites for hydroxylation is 2. The van der Waals surface area contributed by atoms with Gasteiger partial charge in [-0.2, -0.15) is 0 Å². The second-order valence-corrected chi connectivity index (χ2v) is 13.5. The van der Waals surface area contributed by atoms with Gasteiger partial charge in [0, 0.05) is 40.6 Å². The van der Waals surface area contributed by atoms with Crippen LogP contribution in [0.3, 0.4) is 0 Å². The van der Waals surface area contributed by atoms with Crippen molar-refractivity contribution < 1.29 is 56.5 Å². The van der Waals surface area contributed by atoms with Crippen molar-refractivity contribution in [3.8, 4) is 0 Å². The number of amides is 2. The number of fused-ring (bicyclic) bond motifs is 1. The molecule has 0 N–H and O–H groups in total. The van der Waals surface area contributed by atoms with Crippen LogP contribution in [0.15, 0.2) is 54.6 Å². The van der Waals surface area contributed by atoms with Gasteiger partial charge in [0.1, 0.15) is 15.9 Å². The van der Waals surface area contributed by atoms with Crippen molar-refractivity contribution in [1.29, 1.82) is 0 Å². The molecule has 0 fully saturated rings. The van der Waals surface area contributed by atoms with Gasteiger partial charge in [0.25, 0.3) is 23.2 Å². The number of hydrogen-bond acceptors (Lipinski definition) is 14. The highest BCUT2D eigenvalue weighted by Crippen LogP contribution is 2.28. The van der Waals surface area contributed by atoms with E-state index < -0.39 is 86.4 Å². The molecule has 0 aliphatic carbocycles. The maximum absolute atomic E-state index is 13.5. The molecular weight excluding hydrogens is 682 g/mol. The highest BCUT2D eigenvalue weighted by Gasteiger charge is 2.44. The van der Waals surface area contributed by atoms with Gasteiger partial charge in [-0.25, -0.2) is 18.0 Å². The zero-order valence-corrected chi connectivity index (χ0v) is 27.4. The number of carbonyl (C=O) groups is 6. The highest BCUT2D eigenvalue weighted by molar-refractivity contribution is 7.90. The van der Waals surface area contributed by atoms with Gasteiger partial charge in [0.15, 0.2) is 13.2 Å². The van der Waals surface area contributed by atoms with Crippen molar-refractivity contribution in [2.24, 2.45) is 0 Å². The number of carbonyl (C=O) groups excluding carboxylic acids is 6. The van der Waals surface area contributed by atoms with Crippen LogP contribution in [0, 0.1) is 34.1 Å². The first-order chi connectivity index (χ1) is 23.4. The van der Waals surface area contributed by atoms with E-state index in [-0.39, 0.29) is 44.8 Å². The molecule has 0 radical (unpaired) electrons. The Morgan fingerprint density at radius 1 is 0.740 bits per heavy atom. The number of imide groups is 1. The van der Waals surface area contributed by atoms with Crippen LogP contribution in [0.4, 0.5) is 11.4 Å². The standard InChI is InChI=1S/C32H27N3O14S/c1-17-4-6-19(13-25(17)34(42)43)27(36)15-48-31(40)21-8-9-22-23(12-21)30(39)33(29(22)38)24(10-11-50(3,46)47)32(41)49-16-28(37)20-7-5-18(2)26(14-20)35(44)45/h4-9,12-14,24H,10-11,15-16H2,1-3H3/t24-/m1/s1. The van der Waals surface area contributed by atoms with Crippen molar-refractivity contribution in [2.75, 3.05) is 25.2 Å². The summed E-state index contributed by atoms with van der Waals surface area (Å²) in [6.07, 6.45) is 0.246. The predicted molar refractivity (Wildman–Crippen MR) is 171 cm³/mol. The fourth-order valence-corrected chi connectivity index (χ4v) is 5.57. The molecule has 1 heterocycles. The maximum Gasteiger partial charge on any atom is 0.338 e. The number of nitro benzene ring substituents is 2. The quantitative estimate of drug-likeness (QED) is 0.0768. The first kappa shape index (κ1) is 36.7. The van der Waals surface area contributed by atoms with Crippen LogP contribution in [0.2, 0.25) is 0 Å². The number of ether oxygens (including phenoxy) is 2. The third kappa shape index (κ3) is 8.09. The first-order valence-corrected chi connectivity index (χ1v) is 16.6. The van der Waals surface area contributed by atoms with Gasteiger partial charge in [-0.3, -0.25) is 44.3 Å². The van der Waals surface area contributed by atoms with Crippen LogP contribution in [-0.2, 0) is 24.1 Å². The molecule has 4 rings (SSSR count). The first-order valence-electron chi connectivity index (χ1n) is 14.5. The van der Waals surface area contributed by atoms with Gasteiger partial charge >= 0.3 is 11.9 Å². The number of Topliss-reactive ketones (excluding diaryl/α,β-unsaturated/α-hetero) is 2. The Hall–Kier alpha value is -6.17. The van der Waals surface area contributed by atoms with Crippen LogP contribution in [0.25, 0.3) is 0 Å². The highest BCUT2D eigenvalue weighted by atomic mass is 32.2. The number of nitrogens with zero attached hydrogens (tertiary/aromatic N) is 3. The molecular formula is C32H27N3O14S. The molecule has 1 aliphatic heterocycles. The minimum Gasteiger partial charge on any atom is -0.456 e. The molecule has 1 aliphatic rings. The summed E-state index contributed by atoms with van der Waals surface area (Å²) in [6, 6.07) is 8.65. The summed E-state index contributed by atoms with van der Waals surface area (Å²) in [5.41, 5.74) is -1.22. The van der Waals surface area contributed by atoms with Crippen LogP contribution < -0.4 is 0 Å². The number of benzene rings is 3. The van der Waals surface area contributed by atoms with E-state index in [1.54, 1.807) is 0 Å². The van der Waals surface area contributed by atoms with E-state index in [9.17, 15) is 57.4 Å². The lowest BCUT2D eigenvalue weighted by Gasteiger charge is -2.24. The van der Waals surface area contributed by atoms with E-state index in [2.05, 4.69) is 0 Å². The summed E-state index contributed by atoms with van der Waals surface area (Å²) in [6.45, 7) is 1.16. The summed E-state index contributed by atoms with van der Waals surface area (Å²) in [4.78, 5) is 99.6.